The standard InChI is InChI=1S/C14H22N2O4/c17-13(11-3-4-12(20-11)14(18)19)15-9-5-7-16-6-1-2-10(16)8-9/h9-12H,1-8H2,(H,15,17)(H,18,19)/t9?,10?,11-,12+/m0/s1. The van der Waals surface area contributed by atoms with Gasteiger partial charge in [-0.05, 0) is 45.1 Å². The number of nitrogens with zero attached hydrogens (tertiary/aromatic N) is 1. The zero-order chi connectivity index (χ0) is 14.1. The number of carbonyl (C=O) groups is 2. The summed E-state index contributed by atoms with van der Waals surface area (Å²) in [6, 6.07) is 0.833. The number of piperidine rings is 1. The predicted octanol–water partition coefficient (Wildman–Crippen LogP) is 0.362. The van der Waals surface area contributed by atoms with E-state index in [2.05, 4.69) is 10.2 Å². The third-order valence-electron chi connectivity index (χ3n) is 4.75. The Labute approximate surface area is 118 Å². The van der Waals surface area contributed by atoms with Crippen LogP contribution < -0.4 is 5.32 Å². The summed E-state index contributed by atoms with van der Waals surface area (Å²) >= 11 is 0. The van der Waals surface area contributed by atoms with Gasteiger partial charge in [0.15, 0.2) is 6.10 Å². The first-order chi connectivity index (χ1) is 9.63. The average molecular weight is 282 g/mol. The van der Waals surface area contributed by atoms with Gasteiger partial charge in [-0.1, -0.05) is 0 Å². The molecule has 6 heteroatoms. The number of carboxylic acid groups (broad SMARTS) is 1. The fourth-order valence-corrected chi connectivity index (χ4v) is 3.66. The zero-order valence-corrected chi connectivity index (χ0v) is 11.6. The van der Waals surface area contributed by atoms with Crippen LogP contribution in [0.25, 0.3) is 0 Å². The Bertz CT molecular complexity index is 401. The van der Waals surface area contributed by atoms with E-state index in [9.17, 15) is 9.59 Å². The molecule has 3 heterocycles. The molecule has 0 bridgehead atoms. The molecule has 3 rings (SSSR count). The molecule has 6 nitrogen and oxygen atoms in total. The molecule has 2 N–H and O–H groups in total. The van der Waals surface area contributed by atoms with Gasteiger partial charge in [-0.15, -0.1) is 0 Å². The smallest absolute Gasteiger partial charge is 0.332 e. The molecule has 112 valence electrons. The van der Waals surface area contributed by atoms with Crippen LogP contribution in [0.15, 0.2) is 0 Å². The van der Waals surface area contributed by atoms with Gasteiger partial charge in [0.2, 0.25) is 5.91 Å². The first-order valence-electron chi connectivity index (χ1n) is 7.56. The van der Waals surface area contributed by atoms with Gasteiger partial charge in [0.05, 0.1) is 0 Å². The summed E-state index contributed by atoms with van der Waals surface area (Å²) < 4.78 is 5.29. The second-order valence-electron chi connectivity index (χ2n) is 6.09. The summed E-state index contributed by atoms with van der Waals surface area (Å²) in [5, 5.41) is 11.9. The normalized spacial score (nSPS) is 37.6. The number of fused-ring (bicyclic) bond motifs is 1. The first kappa shape index (κ1) is 13.8. The quantitative estimate of drug-likeness (QED) is 0.781. The van der Waals surface area contributed by atoms with Gasteiger partial charge in [0.25, 0.3) is 0 Å². The number of carboxylic acids is 1. The predicted molar refractivity (Wildman–Crippen MR) is 71.3 cm³/mol. The van der Waals surface area contributed by atoms with E-state index in [0.29, 0.717) is 18.9 Å². The summed E-state index contributed by atoms with van der Waals surface area (Å²) in [6.07, 6.45) is 4.02. The van der Waals surface area contributed by atoms with Gasteiger partial charge in [0.1, 0.15) is 6.10 Å². The lowest BCUT2D eigenvalue weighted by Gasteiger charge is -2.35. The van der Waals surface area contributed by atoms with Crippen molar-refractivity contribution in [2.75, 3.05) is 13.1 Å². The van der Waals surface area contributed by atoms with Crippen LogP contribution in [0.5, 0.6) is 0 Å². The number of carbonyl (C=O) groups excluding carboxylic acids is 1. The van der Waals surface area contributed by atoms with Crippen molar-refractivity contribution < 1.29 is 19.4 Å². The number of hydrogen-bond acceptors (Lipinski definition) is 4. The SMILES string of the molecule is O=C(NC1CCN2CCCC2C1)[C@@H]1CC[C@H](C(=O)O)O1. The van der Waals surface area contributed by atoms with E-state index in [1.807, 2.05) is 0 Å². The van der Waals surface area contributed by atoms with Crippen LogP contribution in [0.1, 0.15) is 38.5 Å². The number of ether oxygens (including phenoxy) is 1. The van der Waals surface area contributed by atoms with Crippen LogP contribution in [0.3, 0.4) is 0 Å². The van der Waals surface area contributed by atoms with Crippen molar-refractivity contribution in [1.29, 1.82) is 0 Å². The summed E-state index contributed by atoms with van der Waals surface area (Å²) in [7, 11) is 0. The van der Waals surface area contributed by atoms with E-state index < -0.39 is 18.2 Å². The lowest BCUT2D eigenvalue weighted by molar-refractivity contribution is -0.152. The zero-order valence-electron chi connectivity index (χ0n) is 11.6. The minimum Gasteiger partial charge on any atom is -0.479 e. The van der Waals surface area contributed by atoms with Crippen LogP contribution >= 0.6 is 0 Å². The van der Waals surface area contributed by atoms with Gasteiger partial charge in [-0.25, -0.2) is 4.79 Å². The Morgan fingerprint density at radius 1 is 1.10 bits per heavy atom. The number of nitrogens with one attached hydrogen (secondary N) is 1. The second-order valence-corrected chi connectivity index (χ2v) is 6.09. The topological polar surface area (TPSA) is 78.9 Å². The number of hydrogen-bond donors (Lipinski definition) is 2. The van der Waals surface area contributed by atoms with Crippen molar-refractivity contribution in [2.24, 2.45) is 0 Å². The molecular weight excluding hydrogens is 260 g/mol. The molecule has 3 fully saturated rings. The Kier molecular flexibility index (Phi) is 3.94. The van der Waals surface area contributed by atoms with Gasteiger partial charge >= 0.3 is 5.97 Å². The molecule has 0 aromatic carbocycles. The lowest BCUT2D eigenvalue weighted by atomic mass is 9.97. The van der Waals surface area contributed by atoms with E-state index in [0.717, 1.165) is 19.4 Å². The van der Waals surface area contributed by atoms with Crippen LogP contribution in [-0.4, -0.2) is 59.3 Å². The fraction of sp³-hybridized carbons (Fsp3) is 0.857. The van der Waals surface area contributed by atoms with Gasteiger partial charge in [0, 0.05) is 18.6 Å². The highest BCUT2D eigenvalue weighted by atomic mass is 16.5. The summed E-state index contributed by atoms with van der Waals surface area (Å²) in [6.45, 7) is 2.25. The minimum atomic E-state index is -0.973. The molecule has 3 saturated heterocycles. The molecule has 20 heavy (non-hydrogen) atoms. The van der Waals surface area contributed by atoms with Crippen molar-refractivity contribution in [3.8, 4) is 0 Å². The molecule has 0 aromatic heterocycles. The van der Waals surface area contributed by atoms with E-state index in [1.165, 1.54) is 19.4 Å². The van der Waals surface area contributed by atoms with Crippen molar-refractivity contribution in [2.45, 2.75) is 62.8 Å². The molecule has 0 spiro atoms. The maximum atomic E-state index is 12.1. The second kappa shape index (κ2) is 5.69. The summed E-state index contributed by atoms with van der Waals surface area (Å²) in [5.41, 5.74) is 0. The van der Waals surface area contributed by atoms with Crippen LogP contribution in [0.2, 0.25) is 0 Å². The molecule has 0 aromatic rings. The van der Waals surface area contributed by atoms with Crippen LogP contribution in [0, 0.1) is 0 Å². The molecule has 2 unspecified atom stereocenters. The highest BCUT2D eigenvalue weighted by Gasteiger charge is 2.37. The highest BCUT2D eigenvalue weighted by Crippen LogP contribution is 2.27. The van der Waals surface area contributed by atoms with E-state index in [4.69, 9.17) is 9.84 Å². The molecule has 3 aliphatic heterocycles. The van der Waals surface area contributed by atoms with E-state index in [-0.39, 0.29) is 11.9 Å². The Balaban J connectivity index is 1.48. The summed E-state index contributed by atoms with van der Waals surface area (Å²) in [5.74, 6) is -1.11. The minimum absolute atomic E-state index is 0.134. The van der Waals surface area contributed by atoms with Crippen LogP contribution in [-0.2, 0) is 14.3 Å². The largest absolute Gasteiger partial charge is 0.479 e. The third kappa shape index (κ3) is 2.81. The Hall–Kier alpha value is -1.14. The van der Waals surface area contributed by atoms with Gasteiger partial charge < -0.3 is 20.1 Å². The maximum Gasteiger partial charge on any atom is 0.332 e. The Morgan fingerprint density at radius 2 is 1.90 bits per heavy atom. The fourth-order valence-electron chi connectivity index (χ4n) is 3.66. The third-order valence-corrected chi connectivity index (χ3v) is 4.75. The average Bonchev–Trinajstić information content (AvgIpc) is 3.07. The lowest BCUT2D eigenvalue weighted by Crippen LogP contribution is -2.49. The Morgan fingerprint density at radius 3 is 2.65 bits per heavy atom. The van der Waals surface area contributed by atoms with E-state index in [1.54, 1.807) is 0 Å². The number of rotatable bonds is 3. The van der Waals surface area contributed by atoms with Gasteiger partial charge in [-0.3, -0.25) is 4.79 Å². The monoisotopic (exact) mass is 282 g/mol. The molecule has 1 amide bonds. The maximum absolute atomic E-state index is 12.1. The molecule has 4 atom stereocenters. The van der Waals surface area contributed by atoms with Crippen molar-refractivity contribution in [3.05, 3.63) is 0 Å². The number of amides is 1. The van der Waals surface area contributed by atoms with E-state index >= 15 is 0 Å². The molecule has 0 radical (unpaired) electrons. The molecule has 3 aliphatic rings. The molecule has 0 saturated carbocycles. The highest BCUT2D eigenvalue weighted by molar-refractivity contribution is 5.82. The van der Waals surface area contributed by atoms with Crippen molar-refractivity contribution in [3.63, 3.8) is 0 Å². The van der Waals surface area contributed by atoms with Gasteiger partial charge in [-0.2, -0.15) is 0 Å². The van der Waals surface area contributed by atoms with Crippen LogP contribution in [0.4, 0.5) is 0 Å². The molecule has 0 aliphatic carbocycles. The summed E-state index contributed by atoms with van der Waals surface area (Å²) in [4.78, 5) is 25.5. The first-order valence-corrected chi connectivity index (χ1v) is 7.56. The molecular formula is C14H22N2O4. The van der Waals surface area contributed by atoms with Crippen molar-refractivity contribution >= 4 is 11.9 Å². The number of aliphatic carboxylic acids is 1. The van der Waals surface area contributed by atoms with Crippen molar-refractivity contribution in [1.82, 2.24) is 10.2 Å².